The fraction of sp³-hybridized carbons (Fsp3) is 0.250. The summed E-state index contributed by atoms with van der Waals surface area (Å²) < 4.78 is 9.65. The minimum atomic E-state index is -0.130. The van der Waals surface area contributed by atoms with Crippen molar-refractivity contribution in [1.82, 2.24) is 39.7 Å². The van der Waals surface area contributed by atoms with Gasteiger partial charge < -0.3 is 14.7 Å². The van der Waals surface area contributed by atoms with Crippen LogP contribution in [0.25, 0.3) is 44.2 Å². The second kappa shape index (κ2) is 7.31. The van der Waals surface area contributed by atoms with Crippen molar-refractivity contribution in [2.24, 2.45) is 5.73 Å². The molecule has 7 rings (SSSR count). The van der Waals surface area contributed by atoms with Crippen LogP contribution in [0, 0.1) is 6.92 Å². The molecule has 0 bridgehead atoms. The van der Waals surface area contributed by atoms with Gasteiger partial charge in [0.2, 0.25) is 5.89 Å². The molecule has 3 N–H and O–H groups in total. The van der Waals surface area contributed by atoms with Gasteiger partial charge >= 0.3 is 0 Å². The molecule has 11 heteroatoms. The van der Waals surface area contributed by atoms with Crippen LogP contribution in [0.3, 0.4) is 0 Å². The maximum atomic E-state index is 13.6. The van der Waals surface area contributed by atoms with Gasteiger partial charge in [0.1, 0.15) is 6.54 Å². The number of nitrogens with two attached hydrogens (primary N) is 1. The predicted octanol–water partition coefficient (Wildman–Crippen LogP) is 2.82. The minimum Gasteiger partial charge on any atom is -0.438 e. The van der Waals surface area contributed by atoms with Crippen LogP contribution in [0.4, 0.5) is 0 Å². The number of fused-ring (bicyclic) bond motifs is 4. The van der Waals surface area contributed by atoms with Crippen molar-refractivity contribution in [2.75, 3.05) is 0 Å². The second-order valence-electron chi connectivity index (χ2n) is 8.97. The molecule has 0 amide bonds. The van der Waals surface area contributed by atoms with Crippen molar-refractivity contribution in [1.29, 1.82) is 0 Å². The predicted molar refractivity (Wildman–Crippen MR) is 129 cm³/mol. The average Bonchev–Trinajstić information content (AvgIpc) is 3.24. The summed E-state index contributed by atoms with van der Waals surface area (Å²) in [5, 5.41) is 16.8. The second-order valence-corrected chi connectivity index (χ2v) is 8.97. The van der Waals surface area contributed by atoms with E-state index >= 15 is 0 Å². The van der Waals surface area contributed by atoms with E-state index in [4.69, 9.17) is 10.2 Å². The molecule has 11 nitrogen and oxygen atoms in total. The zero-order chi connectivity index (χ0) is 23.7. The molecule has 1 aliphatic carbocycles. The van der Waals surface area contributed by atoms with E-state index in [0.29, 0.717) is 29.2 Å². The van der Waals surface area contributed by atoms with Crippen molar-refractivity contribution < 1.29 is 4.42 Å². The molecule has 1 aromatic carbocycles. The number of aryl methyl sites for hydroxylation is 1. The number of nitrogens with zero attached hydrogens (tertiary/aromatic N) is 7. The fourth-order valence-corrected chi connectivity index (χ4v) is 4.79. The smallest absolute Gasteiger partial charge is 0.281 e. The molecule has 0 atom stereocenters. The third-order valence-corrected chi connectivity index (χ3v) is 6.62. The molecule has 6 aromatic rings. The third kappa shape index (κ3) is 3.08. The van der Waals surface area contributed by atoms with Gasteiger partial charge in [-0.05, 0) is 43.0 Å². The van der Waals surface area contributed by atoms with Crippen molar-refractivity contribution in [3.63, 3.8) is 0 Å². The Morgan fingerprint density at radius 3 is 2.94 bits per heavy atom. The molecule has 35 heavy (non-hydrogen) atoms. The van der Waals surface area contributed by atoms with Gasteiger partial charge in [-0.25, -0.2) is 14.6 Å². The summed E-state index contributed by atoms with van der Waals surface area (Å²) in [6, 6.07) is 6.28. The van der Waals surface area contributed by atoms with Gasteiger partial charge in [0.15, 0.2) is 16.7 Å². The number of aromatic nitrogens is 8. The Balaban J connectivity index is 1.44. The van der Waals surface area contributed by atoms with E-state index in [1.807, 2.05) is 23.8 Å². The molecule has 0 spiro atoms. The first-order chi connectivity index (χ1) is 17.1. The van der Waals surface area contributed by atoms with E-state index in [9.17, 15) is 4.79 Å². The van der Waals surface area contributed by atoms with Crippen LogP contribution in [0.2, 0.25) is 0 Å². The highest BCUT2D eigenvalue weighted by Crippen LogP contribution is 2.40. The lowest BCUT2D eigenvalue weighted by Gasteiger charge is -2.15. The number of hydrogen-bond acceptors (Lipinski definition) is 8. The van der Waals surface area contributed by atoms with Crippen molar-refractivity contribution in [3.8, 4) is 11.1 Å². The lowest BCUT2D eigenvalue weighted by Crippen LogP contribution is -2.20. The number of benzene rings is 1. The first-order valence-corrected chi connectivity index (χ1v) is 11.5. The number of rotatable bonds is 5. The van der Waals surface area contributed by atoms with Crippen LogP contribution in [-0.4, -0.2) is 39.7 Å². The molecule has 0 radical (unpaired) electrons. The monoisotopic (exact) mass is 467 g/mol. The van der Waals surface area contributed by atoms with Crippen LogP contribution < -0.4 is 11.3 Å². The standard InChI is InChI=1S/C24H21N9O2/c1-12-17(13-6-14-9-27-30-23(14)26-8-13)4-5-18-21(12)33(16-2-3-16)24(34)20-22(18)35-19(28-20)11-32-10-15(7-25)29-31-32/h4-6,8-10,16H,2-3,7,11,25H2,1H3,(H,26,27,30). The van der Waals surface area contributed by atoms with Gasteiger partial charge in [0.05, 0.1) is 23.6 Å². The van der Waals surface area contributed by atoms with Gasteiger partial charge in [-0.15, -0.1) is 5.10 Å². The van der Waals surface area contributed by atoms with Crippen LogP contribution in [0.1, 0.15) is 36.0 Å². The number of oxazole rings is 1. The maximum Gasteiger partial charge on any atom is 0.281 e. The molecule has 174 valence electrons. The number of aromatic amines is 1. The van der Waals surface area contributed by atoms with Crippen LogP contribution in [0.5, 0.6) is 0 Å². The number of pyridine rings is 2. The minimum absolute atomic E-state index is 0.130. The first-order valence-electron chi connectivity index (χ1n) is 11.5. The van der Waals surface area contributed by atoms with E-state index in [0.717, 1.165) is 51.5 Å². The van der Waals surface area contributed by atoms with E-state index in [1.54, 1.807) is 17.1 Å². The summed E-state index contributed by atoms with van der Waals surface area (Å²) >= 11 is 0. The van der Waals surface area contributed by atoms with Gasteiger partial charge in [-0.3, -0.25) is 9.89 Å². The zero-order valence-electron chi connectivity index (χ0n) is 18.9. The Kier molecular flexibility index (Phi) is 4.18. The maximum absolute atomic E-state index is 13.6. The molecule has 5 heterocycles. The van der Waals surface area contributed by atoms with Crippen molar-refractivity contribution in [3.05, 3.63) is 64.3 Å². The molecule has 5 aromatic heterocycles. The number of nitrogens with one attached hydrogen (secondary N) is 1. The molecule has 1 fully saturated rings. The Bertz CT molecular complexity index is 1820. The summed E-state index contributed by atoms with van der Waals surface area (Å²) in [6.07, 6.45) is 7.27. The molecule has 0 aliphatic heterocycles. The molecule has 1 aliphatic rings. The first kappa shape index (κ1) is 20.0. The summed E-state index contributed by atoms with van der Waals surface area (Å²) in [5.41, 5.74) is 11.6. The van der Waals surface area contributed by atoms with E-state index in [1.165, 1.54) is 0 Å². The highest BCUT2D eigenvalue weighted by molar-refractivity contribution is 6.04. The molecular formula is C24H21N9O2. The topological polar surface area (TPSA) is 146 Å². The Hall–Kier alpha value is -4.38. The Morgan fingerprint density at radius 2 is 2.14 bits per heavy atom. The molecule has 1 saturated carbocycles. The quantitative estimate of drug-likeness (QED) is 0.393. The highest BCUT2D eigenvalue weighted by atomic mass is 16.3. The summed E-state index contributed by atoms with van der Waals surface area (Å²) in [5.74, 6) is 0.400. The molecule has 0 saturated heterocycles. The van der Waals surface area contributed by atoms with E-state index in [2.05, 4.69) is 42.6 Å². The van der Waals surface area contributed by atoms with E-state index < -0.39 is 0 Å². The van der Waals surface area contributed by atoms with Gasteiger partial charge in [0, 0.05) is 35.1 Å². The van der Waals surface area contributed by atoms with Crippen LogP contribution >= 0.6 is 0 Å². The summed E-state index contributed by atoms with van der Waals surface area (Å²) in [6.45, 7) is 2.61. The van der Waals surface area contributed by atoms with Gasteiger partial charge in [0.25, 0.3) is 5.56 Å². The Morgan fingerprint density at radius 1 is 1.26 bits per heavy atom. The van der Waals surface area contributed by atoms with Gasteiger partial charge in [-0.2, -0.15) is 5.10 Å². The summed E-state index contributed by atoms with van der Waals surface area (Å²) in [4.78, 5) is 22.7. The SMILES string of the molecule is Cc1c(-c2cnc3[nH]ncc3c2)ccc2c3oc(Cn4cc(CN)nn4)nc3c(=O)n(C3CC3)c12. The number of H-pyrrole nitrogens is 1. The lowest BCUT2D eigenvalue weighted by molar-refractivity contribution is 0.487. The van der Waals surface area contributed by atoms with Crippen molar-refractivity contribution in [2.45, 2.75) is 38.9 Å². The normalized spacial score (nSPS) is 14.0. The van der Waals surface area contributed by atoms with Crippen LogP contribution in [0.15, 0.2) is 46.0 Å². The largest absolute Gasteiger partial charge is 0.438 e. The fourth-order valence-electron chi connectivity index (χ4n) is 4.79. The van der Waals surface area contributed by atoms with Crippen LogP contribution in [-0.2, 0) is 13.1 Å². The van der Waals surface area contributed by atoms with E-state index in [-0.39, 0.29) is 18.1 Å². The van der Waals surface area contributed by atoms with Crippen molar-refractivity contribution >= 4 is 33.0 Å². The van der Waals surface area contributed by atoms with Gasteiger partial charge in [-0.1, -0.05) is 11.3 Å². The third-order valence-electron chi connectivity index (χ3n) is 6.62. The summed E-state index contributed by atoms with van der Waals surface area (Å²) in [7, 11) is 0. The average molecular weight is 467 g/mol. The highest BCUT2D eigenvalue weighted by Gasteiger charge is 2.30. The molecule has 0 unspecified atom stereocenters. The zero-order valence-corrected chi connectivity index (χ0v) is 18.9. The Labute approximate surface area is 197 Å². The lowest BCUT2D eigenvalue weighted by atomic mass is 9.97. The molecular weight excluding hydrogens is 446 g/mol. The number of hydrogen-bond donors (Lipinski definition) is 2.